The molecule has 9 heteroatoms. The highest BCUT2D eigenvalue weighted by Crippen LogP contribution is 2.51. The summed E-state index contributed by atoms with van der Waals surface area (Å²) in [5.74, 6) is -0.533. The molecule has 3 aliphatic rings. The Hall–Kier alpha value is -2.94. The number of likely N-dealkylation sites (tertiary alicyclic amines) is 1. The molecule has 3 aliphatic heterocycles. The first-order valence-corrected chi connectivity index (χ1v) is 9.66. The van der Waals surface area contributed by atoms with Crippen LogP contribution in [0.15, 0.2) is 48.7 Å². The molecule has 6 nitrogen and oxygen atoms in total. The first-order valence-electron chi connectivity index (χ1n) is 9.66. The maximum Gasteiger partial charge on any atom is 0.433 e. The number of hydrogen-bond acceptors (Lipinski definition) is 4. The van der Waals surface area contributed by atoms with Crippen molar-refractivity contribution in [2.24, 2.45) is 0 Å². The van der Waals surface area contributed by atoms with E-state index >= 15 is 0 Å². The molecule has 0 N–H and O–H groups in total. The van der Waals surface area contributed by atoms with Gasteiger partial charge < -0.3 is 14.5 Å². The summed E-state index contributed by atoms with van der Waals surface area (Å²) in [5, 5.41) is 0. The van der Waals surface area contributed by atoms with Gasteiger partial charge in [0.15, 0.2) is 5.72 Å². The minimum absolute atomic E-state index is 0.0588. The SMILES string of the molecule is O=C(c1ccc(C(F)(F)F)nc1)N1CC[C@@]23OC[C@@H](c4ccccc4)N2C(=O)C[C@@H]13. The van der Waals surface area contributed by atoms with E-state index in [0.717, 1.165) is 23.9 Å². The van der Waals surface area contributed by atoms with Gasteiger partial charge in [0.25, 0.3) is 5.91 Å². The second kappa shape index (κ2) is 6.53. The van der Waals surface area contributed by atoms with Gasteiger partial charge in [-0.15, -0.1) is 0 Å². The molecule has 3 saturated heterocycles. The Labute approximate surface area is 170 Å². The molecule has 4 heterocycles. The molecule has 1 aromatic heterocycles. The Morgan fingerprint density at radius 1 is 1.17 bits per heavy atom. The maximum atomic E-state index is 13.0. The van der Waals surface area contributed by atoms with Gasteiger partial charge in [-0.2, -0.15) is 13.2 Å². The normalized spacial score (nSPS) is 28.0. The van der Waals surface area contributed by atoms with Crippen LogP contribution >= 0.6 is 0 Å². The van der Waals surface area contributed by atoms with Crippen LogP contribution in [0, 0.1) is 0 Å². The Bertz CT molecular complexity index is 996. The minimum Gasteiger partial charge on any atom is -0.351 e. The minimum atomic E-state index is -4.57. The van der Waals surface area contributed by atoms with Crippen molar-refractivity contribution in [3.05, 3.63) is 65.5 Å². The van der Waals surface area contributed by atoms with Crippen molar-refractivity contribution >= 4 is 11.8 Å². The molecular weight excluding hydrogens is 399 g/mol. The Kier molecular flexibility index (Phi) is 4.15. The predicted molar refractivity (Wildman–Crippen MR) is 98.0 cm³/mol. The maximum absolute atomic E-state index is 13.0. The van der Waals surface area contributed by atoms with Gasteiger partial charge in [-0.1, -0.05) is 30.3 Å². The number of carbonyl (C=O) groups excluding carboxylic acids is 2. The smallest absolute Gasteiger partial charge is 0.351 e. The van der Waals surface area contributed by atoms with Crippen molar-refractivity contribution in [1.29, 1.82) is 0 Å². The van der Waals surface area contributed by atoms with E-state index in [0.29, 0.717) is 19.6 Å². The summed E-state index contributed by atoms with van der Waals surface area (Å²) in [4.78, 5) is 32.6. The predicted octanol–water partition coefficient (Wildman–Crippen LogP) is 3.02. The van der Waals surface area contributed by atoms with Crippen LogP contribution in [0.5, 0.6) is 0 Å². The number of alkyl halides is 3. The summed E-state index contributed by atoms with van der Waals surface area (Å²) in [6, 6.07) is 10.8. The quantitative estimate of drug-likeness (QED) is 0.754. The molecule has 0 bridgehead atoms. The molecule has 2 amide bonds. The number of pyridine rings is 1. The first-order chi connectivity index (χ1) is 14.3. The van der Waals surface area contributed by atoms with Gasteiger partial charge in [0.05, 0.1) is 30.7 Å². The van der Waals surface area contributed by atoms with Crippen molar-refractivity contribution in [3.63, 3.8) is 0 Å². The lowest BCUT2D eigenvalue weighted by Gasteiger charge is -2.33. The first kappa shape index (κ1) is 19.0. The number of benzene rings is 1. The third-order valence-corrected chi connectivity index (χ3v) is 6.20. The van der Waals surface area contributed by atoms with Crippen LogP contribution in [0.2, 0.25) is 0 Å². The van der Waals surface area contributed by atoms with Gasteiger partial charge in [0.2, 0.25) is 5.91 Å². The topological polar surface area (TPSA) is 62.7 Å². The third-order valence-electron chi connectivity index (χ3n) is 6.20. The van der Waals surface area contributed by atoms with Crippen molar-refractivity contribution in [2.75, 3.05) is 13.2 Å². The summed E-state index contributed by atoms with van der Waals surface area (Å²) in [6.07, 6.45) is -3.04. The standard InChI is InChI=1S/C21H18F3N3O3/c22-21(23,24)16-7-6-14(11-25-16)19(29)26-9-8-20-17(26)10-18(28)27(20)15(12-30-20)13-4-2-1-3-5-13/h1-7,11,15,17H,8-10,12H2/t15-,17+,20-/m0/s1. The third kappa shape index (κ3) is 2.72. The molecular formula is C21H18F3N3O3. The van der Waals surface area contributed by atoms with Crippen molar-refractivity contribution in [3.8, 4) is 0 Å². The lowest BCUT2D eigenvalue weighted by molar-refractivity contribution is -0.141. The molecule has 3 atom stereocenters. The molecule has 0 unspecified atom stereocenters. The zero-order chi connectivity index (χ0) is 21.1. The molecule has 0 radical (unpaired) electrons. The van der Waals surface area contributed by atoms with Crippen LogP contribution in [-0.2, 0) is 15.7 Å². The number of halogens is 3. The van der Waals surface area contributed by atoms with Gasteiger partial charge >= 0.3 is 6.18 Å². The van der Waals surface area contributed by atoms with E-state index in [2.05, 4.69) is 4.98 Å². The van der Waals surface area contributed by atoms with Gasteiger partial charge in [-0.25, -0.2) is 0 Å². The molecule has 156 valence electrons. The molecule has 3 fully saturated rings. The van der Waals surface area contributed by atoms with E-state index in [1.54, 1.807) is 4.90 Å². The summed E-state index contributed by atoms with van der Waals surface area (Å²) in [6.45, 7) is 0.700. The van der Waals surface area contributed by atoms with Crippen LogP contribution in [0.3, 0.4) is 0 Å². The number of rotatable bonds is 2. The van der Waals surface area contributed by atoms with Gasteiger partial charge in [-0.3, -0.25) is 14.6 Å². The van der Waals surface area contributed by atoms with E-state index in [4.69, 9.17) is 4.74 Å². The molecule has 1 aromatic carbocycles. The van der Waals surface area contributed by atoms with Crippen molar-refractivity contribution in [1.82, 2.24) is 14.8 Å². The average molecular weight is 417 g/mol. The second-order valence-corrected chi connectivity index (χ2v) is 7.74. The molecule has 5 rings (SSSR count). The van der Waals surface area contributed by atoms with Crippen LogP contribution in [0.25, 0.3) is 0 Å². The lowest BCUT2D eigenvalue weighted by atomic mass is 10.0. The Morgan fingerprint density at radius 2 is 1.93 bits per heavy atom. The molecule has 2 aromatic rings. The van der Waals surface area contributed by atoms with E-state index < -0.39 is 29.5 Å². The monoisotopic (exact) mass is 417 g/mol. The van der Waals surface area contributed by atoms with Crippen molar-refractivity contribution < 1.29 is 27.5 Å². The number of nitrogens with zero attached hydrogens (tertiary/aromatic N) is 3. The Balaban J connectivity index is 1.41. The number of aromatic nitrogens is 1. The van der Waals surface area contributed by atoms with Gasteiger partial charge in [0, 0.05) is 19.2 Å². The fraction of sp³-hybridized carbons (Fsp3) is 0.381. The fourth-order valence-electron chi connectivity index (χ4n) is 4.86. The summed E-state index contributed by atoms with van der Waals surface area (Å²) >= 11 is 0. The average Bonchev–Trinajstić information content (AvgIpc) is 3.36. The fourth-order valence-corrected chi connectivity index (χ4v) is 4.86. The van der Waals surface area contributed by atoms with E-state index in [1.807, 2.05) is 30.3 Å². The van der Waals surface area contributed by atoms with Gasteiger partial charge in [-0.05, 0) is 17.7 Å². The number of hydrogen-bond donors (Lipinski definition) is 0. The molecule has 1 spiro atoms. The number of ether oxygens (including phenoxy) is 1. The summed E-state index contributed by atoms with van der Waals surface area (Å²) in [7, 11) is 0. The summed E-state index contributed by atoms with van der Waals surface area (Å²) in [5.41, 5.74) is -0.903. The van der Waals surface area contributed by atoms with E-state index in [1.165, 1.54) is 4.90 Å². The highest BCUT2D eigenvalue weighted by Gasteiger charge is 2.65. The largest absolute Gasteiger partial charge is 0.433 e. The van der Waals surface area contributed by atoms with E-state index in [9.17, 15) is 22.8 Å². The van der Waals surface area contributed by atoms with Crippen LogP contribution in [-0.4, -0.2) is 51.5 Å². The van der Waals surface area contributed by atoms with Crippen molar-refractivity contribution in [2.45, 2.75) is 36.8 Å². The highest BCUT2D eigenvalue weighted by molar-refractivity contribution is 5.95. The molecule has 30 heavy (non-hydrogen) atoms. The molecule has 0 aliphatic carbocycles. The van der Waals surface area contributed by atoms with E-state index in [-0.39, 0.29) is 23.9 Å². The Morgan fingerprint density at radius 3 is 2.60 bits per heavy atom. The zero-order valence-electron chi connectivity index (χ0n) is 15.8. The zero-order valence-corrected chi connectivity index (χ0v) is 15.8. The summed E-state index contributed by atoms with van der Waals surface area (Å²) < 4.78 is 44.4. The number of amides is 2. The number of carbonyl (C=O) groups is 2. The second-order valence-electron chi connectivity index (χ2n) is 7.74. The van der Waals surface area contributed by atoms with Crippen LogP contribution < -0.4 is 0 Å². The van der Waals surface area contributed by atoms with Crippen LogP contribution in [0.4, 0.5) is 13.2 Å². The highest BCUT2D eigenvalue weighted by atomic mass is 19.4. The van der Waals surface area contributed by atoms with Crippen LogP contribution in [0.1, 0.15) is 40.5 Å². The lowest BCUT2D eigenvalue weighted by Crippen LogP contribution is -2.49. The van der Waals surface area contributed by atoms with Gasteiger partial charge in [0.1, 0.15) is 5.69 Å². The molecule has 0 saturated carbocycles.